The van der Waals surface area contributed by atoms with Crippen molar-refractivity contribution in [2.24, 2.45) is 0 Å². The Kier molecular flexibility index (Phi) is 4.17. The summed E-state index contributed by atoms with van der Waals surface area (Å²) in [5.41, 5.74) is 1.25. The van der Waals surface area contributed by atoms with E-state index in [0.717, 1.165) is 0 Å². The average molecular weight is 304 g/mol. The van der Waals surface area contributed by atoms with Crippen LogP contribution in [0.2, 0.25) is 10.3 Å². The van der Waals surface area contributed by atoms with Gasteiger partial charge in [-0.25, -0.2) is 13.8 Å². The maximum absolute atomic E-state index is 12.5. The van der Waals surface area contributed by atoms with Gasteiger partial charge >= 0.3 is 0 Å². The van der Waals surface area contributed by atoms with Crippen LogP contribution < -0.4 is 5.32 Å². The van der Waals surface area contributed by atoms with Crippen LogP contribution in [0.15, 0.2) is 24.4 Å². The van der Waals surface area contributed by atoms with Gasteiger partial charge in [0.2, 0.25) is 5.28 Å². The number of nitrogens with one attached hydrogen (secondary N) is 1. The third-order valence-corrected chi connectivity index (χ3v) is 2.93. The van der Waals surface area contributed by atoms with Crippen LogP contribution in [0, 0.1) is 6.92 Å². The minimum absolute atomic E-state index is 0.0325. The summed E-state index contributed by atoms with van der Waals surface area (Å²) in [6, 6.07) is 4.30. The fourth-order valence-corrected chi connectivity index (χ4v) is 1.80. The van der Waals surface area contributed by atoms with Crippen LogP contribution in [0.25, 0.3) is 0 Å². The van der Waals surface area contributed by atoms with E-state index >= 15 is 0 Å². The summed E-state index contributed by atoms with van der Waals surface area (Å²) in [5, 5.41) is 3.28. The van der Waals surface area contributed by atoms with Crippen molar-refractivity contribution in [1.29, 1.82) is 0 Å². The minimum Gasteiger partial charge on any atom is -0.339 e. The number of hydrogen-bond donors (Lipinski definition) is 1. The first kappa shape index (κ1) is 14.0. The number of rotatable bonds is 3. The Morgan fingerprint density at radius 2 is 2.00 bits per heavy atom. The van der Waals surface area contributed by atoms with Crippen molar-refractivity contribution in [3.8, 4) is 0 Å². The fourth-order valence-electron chi connectivity index (χ4n) is 1.52. The SMILES string of the molecule is Cc1cc(C(F)F)ccc1Nc1nc(Cl)ncc1Cl. The number of benzene rings is 1. The largest absolute Gasteiger partial charge is 0.339 e. The number of hydrogen-bond acceptors (Lipinski definition) is 3. The van der Waals surface area contributed by atoms with E-state index in [2.05, 4.69) is 15.3 Å². The molecule has 2 aromatic rings. The van der Waals surface area contributed by atoms with Crippen molar-refractivity contribution < 1.29 is 8.78 Å². The smallest absolute Gasteiger partial charge is 0.263 e. The van der Waals surface area contributed by atoms with Crippen LogP contribution in [0.1, 0.15) is 17.6 Å². The Morgan fingerprint density at radius 1 is 1.26 bits per heavy atom. The molecule has 2 rings (SSSR count). The first-order valence-electron chi connectivity index (χ1n) is 5.31. The summed E-state index contributed by atoms with van der Waals surface area (Å²) in [5.74, 6) is 0.328. The highest BCUT2D eigenvalue weighted by atomic mass is 35.5. The van der Waals surface area contributed by atoms with Crippen LogP contribution in [-0.2, 0) is 0 Å². The van der Waals surface area contributed by atoms with E-state index < -0.39 is 6.43 Å². The highest BCUT2D eigenvalue weighted by molar-refractivity contribution is 6.33. The van der Waals surface area contributed by atoms with E-state index in [1.807, 2.05) is 0 Å². The Bertz CT molecular complexity index is 606. The Hall–Kier alpha value is -1.46. The molecule has 0 aliphatic heterocycles. The van der Waals surface area contributed by atoms with Crippen LogP contribution >= 0.6 is 23.2 Å². The third kappa shape index (κ3) is 3.30. The van der Waals surface area contributed by atoms with E-state index in [1.165, 1.54) is 18.3 Å². The molecule has 7 heteroatoms. The van der Waals surface area contributed by atoms with E-state index in [-0.39, 0.29) is 10.8 Å². The lowest BCUT2D eigenvalue weighted by Gasteiger charge is -2.11. The number of aromatic nitrogens is 2. The number of alkyl halides is 2. The quantitative estimate of drug-likeness (QED) is 0.830. The van der Waals surface area contributed by atoms with Crippen molar-refractivity contribution >= 4 is 34.7 Å². The molecule has 19 heavy (non-hydrogen) atoms. The maximum atomic E-state index is 12.5. The fraction of sp³-hybridized carbons (Fsp3) is 0.167. The molecule has 3 nitrogen and oxygen atoms in total. The van der Waals surface area contributed by atoms with E-state index in [1.54, 1.807) is 13.0 Å². The molecule has 0 saturated carbocycles. The van der Waals surface area contributed by atoms with Crippen LogP contribution in [0.5, 0.6) is 0 Å². The molecule has 0 aliphatic carbocycles. The molecule has 0 saturated heterocycles. The topological polar surface area (TPSA) is 37.8 Å². The standard InChI is InChI=1S/C12H9Cl2F2N3/c1-6-4-7(10(15)16)2-3-9(6)18-11-8(13)5-17-12(14)19-11/h2-5,10H,1H3,(H,17,18,19). The zero-order valence-electron chi connectivity index (χ0n) is 9.79. The summed E-state index contributed by atoms with van der Waals surface area (Å²) < 4.78 is 25.1. The van der Waals surface area contributed by atoms with Gasteiger partial charge in [0.05, 0.1) is 6.20 Å². The first-order chi connectivity index (χ1) is 8.97. The van der Waals surface area contributed by atoms with Crippen molar-refractivity contribution in [3.63, 3.8) is 0 Å². The van der Waals surface area contributed by atoms with Crippen molar-refractivity contribution in [2.75, 3.05) is 5.32 Å². The molecule has 1 aromatic heterocycles. The first-order valence-corrected chi connectivity index (χ1v) is 6.06. The van der Waals surface area contributed by atoms with Gasteiger partial charge in [0, 0.05) is 11.3 Å². The van der Waals surface area contributed by atoms with Gasteiger partial charge in [-0.1, -0.05) is 17.7 Å². The van der Waals surface area contributed by atoms with Gasteiger partial charge < -0.3 is 5.32 Å². The molecular weight excluding hydrogens is 295 g/mol. The highest BCUT2D eigenvalue weighted by Crippen LogP contribution is 2.28. The molecule has 0 bridgehead atoms. The zero-order valence-corrected chi connectivity index (χ0v) is 11.3. The molecule has 1 N–H and O–H groups in total. The van der Waals surface area contributed by atoms with E-state index in [4.69, 9.17) is 23.2 Å². The summed E-state index contributed by atoms with van der Waals surface area (Å²) in [7, 11) is 0. The predicted octanol–water partition coefficient (Wildman–Crippen LogP) is 4.77. The Morgan fingerprint density at radius 3 is 2.63 bits per heavy atom. The Balaban J connectivity index is 2.31. The second kappa shape index (κ2) is 5.67. The van der Waals surface area contributed by atoms with Gasteiger partial charge in [-0.2, -0.15) is 4.98 Å². The zero-order chi connectivity index (χ0) is 14.0. The molecule has 0 fully saturated rings. The number of halogens is 4. The molecule has 0 atom stereocenters. The molecule has 100 valence electrons. The second-order valence-electron chi connectivity index (χ2n) is 3.84. The van der Waals surface area contributed by atoms with Gasteiger partial charge in [-0.05, 0) is 36.2 Å². The lowest BCUT2D eigenvalue weighted by Crippen LogP contribution is -1.99. The average Bonchev–Trinajstić information content (AvgIpc) is 2.36. The molecule has 0 aliphatic rings. The Labute approximate surface area is 118 Å². The molecule has 0 unspecified atom stereocenters. The molecule has 1 aromatic carbocycles. The lowest BCUT2D eigenvalue weighted by atomic mass is 10.1. The summed E-state index contributed by atoms with van der Waals surface area (Å²) in [6.07, 6.45) is -1.13. The number of nitrogens with zero attached hydrogens (tertiary/aromatic N) is 2. The molecule has 0 radical (unpaired) electrons. The van der Waals surface area contributed by atoms with E-state index in [0.29, 0.717) is 22.1 Å². The van der Waals surface area contributed by atoms with Gasteiger partial charge in [0.25, 0.3) is 6.43 Å². The van der Waals surface area contributed by atoms with E-state index in [9.17, 15) is 8.78 Å². The lowest BCUT2D eigenvalue weighted by molar-refractivity contribution is 0.151. The molecule has 0 amide bonds. The molecule has 1 heterocycles. The summed E-state index contributed by atoms with van der Waals surface area (Å²) in [6.45, 7) is 1.71. The van der Waals surface area contributed by atoms with Crippen LogP contribution in [-0.4, -0.2) is 9.97 Å². The summed E-state index contributed by atoms with van der Waals surface area (Å²) >= 11 is 11.6. The highest BCUT2D eigenvalue weighted by Gasteiger charge is 2.10. The van der Waals surface area contributed by atoms with Crippen molar-refractivity contribution in [3.05, 3.63) is 45.8 Å². The number of aryl methyl sites for hydroxylation is 1. The van der Waals surface area contributed by atoms with Gasteiger partial charge in [0.15, 0.2) is 5.82 Å². The van der Waals surface area contributed by atoms with Crippen LogP contribution in [0.4, 0.5) is 20.3 Å². The van der Waals surface area contributed by atoms with Gasteiger partial charge in [-0.15, -0.1) is 0 Å². The number of anilines is 2. The second-order valence-corrected chi connectivity index (χ2v) is 4.58. The normalized spacial score (nSPS) is 10.8. The third-order valence-electron chi connectivity index (χ3n) is 2.47. The van der Waals surface area contributed by atoms with Gasteiger partial charge in [-0.3, -0.25) is 0 Å². The van der Waals surface area contributed by atoms with Crippen molar-refractivity contribution in [2.45, 2.75) is 13.3 Å². The predicted molar refractivity (Wildman–Crippen MR) is 71.5 cm³/mol. The molecular formula is C12H9Cl2F2N3. The molecule has 0 spiro atoms. The van der Waals surface area contributed by atoms with Gasteiger partial charge in [0.1, 0.15) is 5.02 Å². The monoisotopic (exact) mass is 303 g/mol. The maximum Gasteiger partial charge on any atom is 0.263 e. The minimum atomic E-state index is -2.50. The van der Waals surface area contributed by atoms with Crippen LogP contribution in [0.3, 0.4) is 0 Å². The summed E-state index contributed by atoms with van der Waals surface area (Å²) in [4.78, 5) is 7.65. The van der Waals surface area contributed by atoms with Crippen molar-refractivity contribution in [1.82, 2.24) is 9.97 Å².